The van der Waals surface area contributed by atoms with Gasteiger partial charge >= 0.3 is 6.18 Å². The molecule has 0 saturated heterocycles. The van der Waals surface area contributed by atoms with Gasteiger partial charge < -0.3 is 9.13 Å². The monoisotopic (exact) mass is 455 g/mol. The van der Waals surface area contributed by atoms with Gasteiger partial charge in [0.2, 0.25) is 0 Å². The lowest BCUT2D eigenvalue weighted by atomic mass is 10.1. The number of fused-ring (bicyclic) bond motifs is 2. The molecule has 0 unspecified atom stereocenters. The topological polar surface area (TPSA) is 82.7 Å². The number of hydrogen-bond donors (Lipinski definition) is 0. The minimum atomic E-state index is -4.61. The third-order valence-corrected chi connectivity index (χ3v) is 7.40. The van der Waals surface area contributed by atoms with Crippen molar-refractivity contribution in [3.63, 3.8) is 0 Å². The molecule has 3 aromatic rings. The van der Waals surface area contributed by atoms with E-state index in [1.54, 1.807) is 37.0 Å². The number of hydrogen-bond acceptors (Lipinski definition) is 5. The average Bonchev–Trinajstić information content (AvgIpc) is 3.24. The number of halogens is 3. The van der Waals surface area contributed by atoms with Gasteiger partial charge in [-0.25, -0.2) is 23.4 Å². The van der Waals surface area contributed by atoms with E-state index in [1.165, 1.54) is 0 Å². The van der Waals surface area contributed by atoms with E-state index >= 15 is 0 Å². The van der Waals surface area contributed by atoms with Crippen LogP contribution in [0, 0.1) is 0 Å². The second-order valence-electron chi connectivity index (χ2n) is 8.10. The zero-order chi connectivity index (χ0) is 22.7. The van der Waals surface area contributed by atoms with Crippen LogP contribution >= 0.6 is 0 Å². The van der Waals surface area contributed by atoms with E-state index in [4.69, 9.17) is 0 Å². The Morgan fingerprint density at radius 3 is 2.48 bits per heavy atom. The average molecular weight is 456 g/mol. The Hall–Kier alpha value is -2.43. The maximum absolute atomic E-state index is 13.4. The van der Waals surface area contributed by atoms with Crippen LogP contribution in [0.4, 0.5) is 13.2 Å². The second-order valence-corrected chi connectivity index (χ2v) is 10.3. The fourth-order valence-electron chi connectivity index (χ4n) is 4.08. The summed E-state index contributed by atoms with van der Waals surface area (Å²) in [6.45, 7) is 5.62. The number of aromatic nitrogens is 5. The molecule has 168 valence electrons. The lowest BCUT2D eigenvalue weighted by Gasteiger charge is -2.16. The standard InChI is InChI=1S/C20H24F3N5O2S/c1-5-31(29,30)19-16(26-14-8-6-7-9-28(14)19)18-24-12-10-13(20(21,22)23)25-15(11(2)3)17(12)27(18)4/h10-11H,5-9H2,1-4H3. The van der Waals surface area contributed by atoms with Crippen molar-refractivity contribution in [1.82, 2.24) is 24.1 Å². The van der Waals surface area contributed by atoms with Gasteiger partial charge in [-0.05, 0) is 24.8 Å². The molecule has 7 nitrogen and oxygen atoms in total. The van der Waals surface area contributed by atoms with Crippen LogP contribution in [0.1, 0.15) is 56.7 Å². The Labute approximate surface area is 178 Å². The van der Waals surface area contributed by atoms with E-state index in [0.717, 1.165) is 18.9 Å². The number of imidazole rings is 2. The molecule has 0 amide bonds. The molecule has 0 aromatic carbocycles. The van der Waals surface area contributed by atoms with Gasteiger partial charge in [-0.1, -0.05) is 20.8 Å². The highest BCUT2D eigenvalue weighted by Gasteiger charge is 2.36. The third kappa shape index (κ3) is 3.52. The van der Waals surface area contributed by atoms with Gasteiger partial charge in [0, 0.05) is 20.0 Å². The summed E-state index contributed by atoms with van der Waals surface area (Å²) in [6.07, 6.45) is -2.22. The summed E-state index contributed by atoms with van der Waals surface area (Å²) in [6, 6.07) is 0.911. The van der Waals surface area contributed by atoms with Crippen molar-refractivity contribution in [2.45, 2.75) is 63.7 Å². The first kappa shape index (κ1) is 21.8. The zero-order valence-electron chi connectivity index (χ0n) is 17.8. The van der Waals surface area contributed by atoms with Crippen molar-refractivity contribution in [3.05, 3.63) is 23.3 Å². The lowest BCUT2D eigenvalue weighted by Crippen LogP contribution is -2.17. The predicted molar refractivity (Wildman–Crippen MR) is 109 cm³/mol. The molecule has 0 saturated carbocycles. The number of aryl methyl sites for hydroxylation is 2. The molecular formula is C20H24F3N5O2S. The summed E-state index contributed by atoms with van der Waals surface area (Å²) < 4.78 is 69.5. The molecule has 0 aliphatic carbocycles. The van der Waals surface area contributed by atoms with Gasteiger partial charge in [-0.2, -0.15) is 13.2 Å². The van der Waals surface area contributed by atoms with Crippen LogP contribution < -0.4 is 0 Å². The van der Waals surface area contributed by atoms with E-state index in [-0.39, 0.29) is 39.4 Å². The normalized spacial score (nSPS) is 15.1. The Balaban J connectivity index is 2.06. The second kappa shape index (κ2) is 7.32. The highest BCUT2D eigenvalue weighted by Crippen LogP contribution is 2.37. The van der Waals surface area contributed by atoms with Gasteiger partial charge in [0.15, 0.2) is 20.7 Å². The van der Waals surface area contributed by atoms with E-state index in [1.807, 2.05) is 0 Å². The minimum Gasteiger partial charge on any atom is -0.324 e. The van der Waals surface area contributed by atoms with Crippen LogP contribution in [0.3, 0.4) is 0 Å². The van der Waals surface area contributed by atoms with E-state index in [0.29, 0.717) is 24.3 Å². The van der Waals surface area contributed by atoms with Crippen LogP contribution in [0.25, 0.3) is 22.6 Å². The van der Waals surface area contributed by atoms with Crippen molar-refractivity contribution < 1.29 is 21.6 Å². The lowest BCUT2D eigenvalue weighted by molar-refractivity contribution is -0.141. The van der Waals surface area contributed by atoms with E-state index in [9.17, 15) is 21.6 Å². The maximum Gasteiger partial charge on any atom is 0.433 e. The molecule has 0 fully saturated rings. The van der Waals surface area contributed by atoms with Gasteiger partial charge in [0.05, 0.1) is 22.5 Å². The maximum atomic E-state index is 13.4. The molecule has 11 heteroatoms. The zero-order valence-corrected chi connectivity index (χ0v) is 18.6. The van der Waals surface area contributed by atoms with Gasteiger partial charge in [-0.15, -0.1) is 0 Å². The molecule has 0 radical (unpaired) electrons. The van der Waals surface area contributed by atoms with Crippen LogP contribution in [0.15, 0.2) is 11.1 Å². The summed E-state index contributed by atoms with van der Waals surface area (Å²) in [5, 5.41) is 0.0956. The fourth-order valence-corrected chi connectivity index (χ4v) is 5.32. The Kier molecular flexibility index (Phi) is 5.14. The number of sulfone groups is 1. The Bertz CT molecular complexity index is 1270. The summed E-state index contributed by atoms with van der Waals surface area (Å²) in [7, 11) is -1.98. The first-order chi connectivity index (χ1) is 14.5. The van der Waals surface area contributed by atoms with Gasteiger partial charge in [-0.3, -0.25) is 0 Å². The summed E-state index contributed by atoms with van der Waals surface area (Å²) >= 11 is 0. The highest BCUT2D eigenvalue weighted by atomic mass is 32.2. The van der Waals surface area contributed by atoms with E-state index in [2.05, 4.69) is 15.0 Å². The molecule has 4 rings (SSSR count). The first-order valence-corrected chi connectivity index (χ1v) is 11.9. The molecule has 3 aromatic heterocycles. The largest absolute Gasteiger partial charge is 0.433 e. The SMILES string of the molecule is CCS(=O)(=O)c1c(-c2nc3cc(C(F)(F)F)nc(C(C)C)c3n2C)nc2n1CCCC2. The quantitative estimate of drug-likeness (QED) is 0.592. The molecule has 1 aliphatic rings. The highest BCUT2D eigenvalue weighted by molar-refractivity contribution is 7.91. The van der Waals surface area contributed by atoms with Crippen molar-refractivity contribution in [1.29, 1.82) is 0 Å². The molecule has 0 atom stereocenters. The van der Waals surface area contributed by atoms with Crippen LogP contribution in [-0.2, 0) is 36.0 Å². The van der Waals surface area contributed by atoms with E-state index < -0.39 is 21.7 Å². The smallest absolute Gasteiger partial charge is 0.324 e. The number of rotatable bonds is 4. The minimum absolute atomic E-state index is 0.0956. The van der Waals surface area contributed by atoms with Crippen molar-refractivity contribution in [2.75, 3.05) is 5.75 Å². The van der Waals surface area contributed by atoms with Crippen molar-refractivity contribution >= 4 is 20.9 Å². The molecule has 0 bridgehead atoms. The number of nitrogens with zero attached hydrogens (tertiary/aromatic N) is 5. The predicted octanol–water partition coefficient (Wildman–Crippen LogP) is 4.10. The first-order valence-electron chi connectivity index (χ1n) is 10.2. The fraction of sp³-hybridized carbons (Fsp3) is 0.550. The summed E-state index contributed by atoms with van der Waals surface area (Å²) in [5.41, 5.74) is 0.00714. The van der Waals surface area contributed by atoms with Crippen LogP contribution in [0.2, 0.25) is 0 Å². The van der Waals surface area contributed by atoms with Crippen LogP contribution in [-0.4, -0.2) is 38.3 Å². The van der Waals surface area contributed by atoms with Crippen molar-refractivity contribution in [3.8, 4) is 11.5 Å². The van der Waals surface area contributed by atoms with Crippen molar-refractivity contribution in [2.24, 2.45) is 7.05 Å². The van der Waals surface area contributed by atoms with Crippen LogP contribution in [0.5, 0.6) is 0 Å². The summed E-state index contributed by atoms with van der Waals surface area (Å²) in [5.74, 6) is 0.499. The molecule has 1 aliphatic heterocycles. The number of pyridine rings is 1. The molecule has 31 heavy (non-hydrogen) atoms. The molecule has 4 heterocycles. The number of alkyl halides is 3. The Morgan fingerprint density at radius 2 is 1.87 bits per heavy atom. The third-order valence-electron chi connectivity index (χ3n) is 5.64. The Morgan fingerprint density at radius 1 is 1.16 bits per heavy atom. The molecule has 0 spiro atoms. The van der Waals surface area contributed by atoms with Gasteiger partial charge in [0.25, 0.3) is 0 Å². The van der Waals surface area contributed by atoms with Gasteiger partial charge in [0.1, 0.15) is 17.2 Å². The molecular weight excluding hydrogens is 431 g/mol. The summed E-state index contributed by atoms with van der Waals surface area (Å²) in [4.78, 5) is 12.9. The molecule has 0 N–H and O–H groups in total.